The molecule has 0 radical (unpaired) electrons. The Balaban J connectivity index is 1.97. The molecule has 20 heavy (non-hydrogen) atoms. The highest BCUT2D eigenvalue weighted by Gasteiger charge is 2.16. The minimum atomic E-state index is -3.57. The van der Waals surface area contributed by atoms with Crippen molar-refractivity contribution < 1.29 is 8.42 Å². The van der Waals surface area contributed by atoms with Crippen LogP contribution in [0.25, 0.3) is 10.8 Å². The van der Waals surface area contributed by atoms with E-state index in [2.05, 4.69) is 14.7 Å². The average molecular weight is 287 g/mol. The molecule has 3 aromatic rings. The van der Waals surface area contributed by atoms with Crippen LogP contribution in [0.2, 0.25) is 0 Å². The van der Waals surface area contributed by atoms with Gasteiger partial charge in [0.2, 0.25) is 10.0 Å². The fourth-order valence-electron chi connectivity index (χ4n) is 2.07. The second-order valence-corrected chi connectivity index (χ2v) is 6.07. The Morgan fingerprint density at radius 1 is 1.10 bits per heavy atom. The van der Waals surface area contributed by atoms with E-state index in [1.807, 2.05) is 24.3 Å². The van der Waals surface area contributed by atoms with Crippen LogP contribution in [-0.2, 0) is 16.6 Å². The highest BCUT2D eigenvalue weighted by molar-refractivity contribution is 7.89. The Morgan fingerprint density at radius 2 is 1.90 bits per heavy atom. The van der Waals surface area contributed by atoms with Gasteiger partial charge in [0.25, 0.3) is 0 Å². The SMILES string of the molecule is O=S(=O)(NCc1ncc[nH]1)c1cccc2ccccc12. The lowest BCUT2D eigenvalue weighted by Gasteiger charge is -2.08. The third kappa shape index (κ3) is 2.43. The van der Waals surface area contributed by atoms with Crippen LogP contribution in [0.4, 0.5) is 0 Å². The molecule has 0 atom stereocenters. The van der Waals surface area contributed by atoms with Crippen molar-refractivity contribution in [1.82, 2.24) is 14.7 Å². The maximum absolute atomic E-state index is 12.4. The van der Waals surface area contributed by atoms with Gasteiger partial charge in [-0.2, -0.15) is 0 Å². The van der Waals surface area contributed by atoms with Crippen LogP contribution >= 0.6 is 0 Å². The first-order valence-corrected chi connectivity index (χ1v) is 7.61. The summed E-state index contributed by atoms with van der Waals surface area (Å²) in [5.74, 6) is 0.578. The highest BCUT2D eigenvalue weighted by Crippen LogP contribution is 2.22. The molecule has 0 spiro atoms. The fraction of sp³-hybridized carbons (Fsp3) is 0.0714. The quantitative estimate of drug-likeness (QED) is 0.771. The van der Waals surface area contributed by atoms with E-state index in [9.17, 15) is 8.42 Å². The molecule has 0 saturated heterocycles. The van der Waals surface area contributed by atoms with Crippen molar-refractivity contribution in [3.63, 3.8) is 0 Å². The largest absolute Gasteiger partial charge is 0.347 e. The normalized spacial score (nSPS) is 11.8. The predicted octanol–water partition coefficient (Wildman–Crippen LogP) is 2.04. The molecule has 0 aliphatic carbocycles. The predicted molar refractivity (Wildman–Crippen MR) is 76.6 cm³/mol. The summed E-state index contributed by atoms with van der Waals surface area (Å²) in [7, 11) is -3.57. The van der Waals surface area contributed by atoms with E-state index in [1.54, 1.807) is 30.6 Å². The Hall–Kier alpha value is -2.18. The van der Waals surface area contributed by atoms with Gasteiger partial charge >= 0.3 is 0 Å². The van der Waals surface area contributed by atoms with Crippen LogP contribution in [0.3, 0.4) is 0 Å². The Bertz CT molecular complexity index is 821. The molecule has 2 aromatic carbocycles. The van der Waals surface area contributed by atoms with Crippen LogP contribution in [0.1, 0.15) is 5.82 Å². The lowest BCUT2D eigenvalue weighted by atomic mass is 10.1. The van der Waals surface area contributed by atoms with E-state index in [0.717, 1.165) is 5.39 Å². The second kappa shape index (κ2) is 5.07. The van der Waals surface area contributed by atoms with Crippen LogP contribution in [-0.4, -0.2) is 18.4 Å². The molecule has 2 N–H and O–H groups in total. The van der Waals surface area contributed by atoms with E-state index >= 15 is 0 Å². The lowest BCUT2D eigenvalue weighted by molar-refractivity contribution is 0.580. The van der Waals surface area contributed by atoms with E-state index < -0.39 is 10.0 Å². The number of fused-ring (bicyclic) bond motifs is 1. The number of benzene rings is 2. The van der Waals surface area contributed by atoms with Gasteiger partial charge in [0.05, 0.1) is 11.4 Å². The summed E-state index contributed by atoms with van der Waals surface area (Å²) in [6.07, 6.45) is 3.24. The smallest absolute Gasteiger partial charge is 0.241 e. The van der Waals surface area contributed by atoms with Gasteiger partial charge in [0, 0.05) is 17.8 Å². The van der Waals surface area contributed by atoms with Gasteiger partial charge in [-0.25, -0.2) is 18.1 Å². The number of nitrogens with zero attached hydrogens (tertiary/aromatic N) is 1. The first kappa shape index (κ1) is 12.8. The van der Waals surface area contributed by atoms with Crippen LogP contribution in [0.15, 0.2) is 59.8 Å². The zero-order valence-corrected chi connectivity index (χ0v) is 11.4. The van der Waals surface area contributed by atoms with Gasteiger partial charge in [0.1, 0.15) is 5.82 Å². The minimum absolute atomic E-state index is 0.137. The molecule has 6 heteroatoms. The number of imidazole rings is 1. The van der Waals surface area contributed by atoms with E-state index in [0.29, 0.717) is 11.2 Å². The number of hydrogen-bond acceptors (Lipinski definition) is 3. The maximum atomic E-state index is 12.4. The van der Waals surface area contributed by atoms with Gasteiger partial charge in [-0.05, 0) is 11.5 Å². The van der Waals surface area contributed by atoms with Crippen molar-refractivity contribution in [2.24, 2.45) is 0 Å². The molecule has 0 fully saturated rings. The third-order valence-electron chi connectivity index (χ3n) is 3.02. The van der Waals surface area contributed by atoms with Crippen molar-refractivity contribution >= 4 is 20.8 Å². The highest BCUT2D eigenvalue weighted by atomic mass is 32.2. The average Bonchev–Trinajstić information content (AvgIpc) is 2.98. The van der Waals surface area contributed by atoms with Crippen LogP contribution in [0, 0.1) is 0 Å². The van der Waals surface area contributed by atoms with E-state index in [4.69, 9.17) is 0 Å². The monoisotopic (exact) mass is 287 g/mol. The summed E-state index contributed by atoms with van der Waals surface area (Å²) >= 11 is 0. The molecule has 0 aliphatic heterocycles. The van der Waals surface area contributed by atoms with Gasteiger partial charge in [0.15, 0.2) is 0 Å². The van der Waals surface area contributed by atoms with Gasteiger partial charge in [-0.1, -0.05) is 36.4 Å². The third-order valence-corrected chi connectivity index (χ3v) is 4.48. The summed E-state index contributed by atoms with van der Waals surface area (Å²) in [5.41, 5.74) is 0. The molecular formula is C14H13N3O2S. The number of aromatic amines is 1. The van der Waals surface area contributed by atoms with Crippen molar-refractivity contribution in [2.75, 3.05) is 0 Å². The van der Waals surface area contributed by atoms with Crippen LogP contribution in [0.5, 0.6) is 0 Å². The summed E-state index contributed by atoms with van der Waals surface area (Å²) in [6.45, 7) is 0.137. The second-order valence-electron chi connectivity index (χ2n) is 4.34. The lowest BCUT2D eigenvalue weighted by Crippen LogP contribution is -2.24. The summed E-state index contributed by atoms with van der Waals surface area (Å²) < 4.78 is 27.3. The topological polar surface area (TPSA) is 74.8 Å². The number of sulfonamides is 1. The molecule has 1 aromatic heterocycles. The van der Waals surface area contributed by atoms with Gasteiger partial charge in [-0.3, -0.25) is 0 Å². The van der Waals surface area contributed by atoms with Crippen molar-refractivity contribution in [2.45, 2.75) is 11.4 Å². The first-order valence-electron chi connectivity index (χ1n) is 6.12. The minimum Gasteiger partial charge on any atom is -0.347 e. The number of nitrogens with one attached hydrogen (secondary N) is 2. The maximum Gasteiger partial charge on any atom is 0.241 e. The molecule has 102 valence electrons. The standard InChI is InChI=1S/C14H13N3O2S/c18-20(19,17-10-14-15-8-9-16-14)13-7-3-5-11-4-1-2-6-12(11)13/h1-9,17H,10H2,(H,15,16). The zero-order valence-electron chi connectivity index (χ0n) is 10.6. The first-order chi connectivity index (χ1) is 9.67. The number of hydrogen-bond donors (Lipinski definition) is 2. The molecule has 0 unspecified atom stereocenters. The summed E-state index contributed by atoms with van der Waals surface area (Å²) in [4.78, 5) is 7.13. The number of rotatable bonds is 4. The van der Waals surface area contributed by atoms with Crippen molar-refractivity contribution in [1.29, 1.82) is 0 Å². The molecule has 1 heterocycles. The Labute approximate surface area is 116 Å². The summed E-state index contributed by atoms with van der Waals surface area (Å²) in [6, 6.07) is 12.6. The molecule has 0 saturated carbocycles. The molecule has 0 bridgehead atoms. The zero-order chi connectivity index (χ0) is 14.0. The van der Waals surface area contributed by atoms with Crippen molar-refractivity contribution in [3.8, 4) is 0 Å². The molecule has 0 amide bonds. The van der Waals surface area contributed by atoms with Crippen molar-refractivity contribution in [3.05, 3.63) is 60.7 Å². The van der Waals surface area contributed by atoms with Crippen LogP contribution < -0.4 is 4.72 Å². The number of aromatic nitrogens is 2. The van der Waals surface area contributed by atoms with E-state index in [1.165, 1.54) is 0 Å². The van der Waals surface area contributed by atoms with Gasteiger partial charge < -0.3 is 4.98 Å². The number of H-pyrrole nitrogens is 1. The fourth-order valence-corrected chi connectivity index (χ4v) is 3.28. The summed E-state index contributed by atoms with van der Waals surface area (Å²) in [5, 5.41) is 1.61. The Morgan fingerprint density at radius 3 is 2.70 bits per heavy atom. The molecular weight excluding hydrogens is 274 g/mol. The molecule has 0 aliphatic rings. The van der Waals surface area contributed by atoms with E-state index in [-0.39, 0.29) is 11.4 Å². The molecule has 3 rings (SSSR count). The van der Waals surface area contributed by atoms with Gasteiger partial charge in [-0.15, -0.1) is 0 Å². The Kier molecular flexibility index (Phi) is 3.25. The molecule has 5 nitrogen and oxygen atoms in total.